The van der Waals surface area contributed by atoms with Crippen LogP contribution in [0.3, 0.4) is 0 Å². The van der Waals surface area contributed by atoms with E-state index in [9.17, 15) is 30.3 Å². The molecule has 6 N–H and O–H groups in total. The van der Waals surface area contributed by atoms with E-state index in [1.165, 1.54) is 141 Å². The van der Waals surface area contributed by atoms with E-state index in [4.69, 9.17) is 9.47 Å². The van der Waals surface area contributed by atoms with Crippen molar-refractivity contribution in [3.05, 3.63) is 60.8 Å². The second kappa shape index (κ2) is 45.7. The van der Waals surface area contributed by atoms with Crippen LogP contribution in [0.25, 0.3) is 0 Å². The van der Waals surface area contributed by atoms with E-state index in [1.807, 2.05) is 6.08 Å². The topological polar surface area (TPSA) is 149 Å². The highest BCUT2D eigenvalue weighted by Crippen LogP contribution is 2.23. The molecule has 0 bridgehead atoms. The SMILES string of the molecule is CC/C=C\C/C=C\C/C=C\CCCCCCCCCC(=O)NC(COC1OC(CO)C(O)C(O)C1O)C(O)/C=C/CC/C=C/CCCCCCCCCCCCCCCCCCCCC. The lowest BCUT2D eigenvalue weighted by Gasteiger charge is -2.40. The Kier molecular flexibility index (Phi) is 42.8. The molecule has 0 aromatic rings. The first-order valence-corrected chi connectivity index (χ1v) is 27.0. The summed E-state index contributed by atoms with van der Waals surface area (Å²) in [5, 5.41) is 54.4. The van der Waals surface area contributed by atoms with Crippen molar-refractivity contribution >= 4 is 5.91 Å². The Balaban J connectivity index is 2.28. The summed E-state index contributed by atoms with van der Waals surface area (Å²) in [6.07, 6.45) is 54.3. The fourth-order valence-electron chi connectivity index (χ4n) is 8.30. The van der Waals surface area contributed by atoms with Gasteiger partial charge in [0, 0.05) is 6.42 Å². The van der Waals surface area contributed by atoms with Crippen molar-refractivity contribution < 1.29 is 39.8 Å². The van der Waals surface area contributed by atoms with Gasteiger partial charge in [0.15, 0.2) is 6.29 Å². The van der Waals surface area contributed by atoms with E-state index in [0.717, 1.165) is 70.6 Å². The minimum absolute atomic E-state index is 0.198. The number of nitrogens with one attached hydrogen (secondary N) is 1. The number of hydrogen-bond acceptors (Lipinski definition) is 8. The van der Waals surface area contributed by atoms with Crippen LogP contribution in [0.15, 0.2) is 60.8 Å². The number of carbonyl (C=O) groups excluding carboxylic acids is 1. The van der Waals surface area contributed by atoms with Gasteiger partial charge in [0.25, 0.3) is 0 Å². The summed E-state index contributed by atoms with van der Waals surface area (Å²) in [5.41, 5.74) is 0. The summed E-state index contributed by atoms with van der Waals surface area (Å²) in [5.74, 6) is -0.198. The number of aliphatic hydroxyl groups is 5. The molecule has 65 heavy (non-hydrogen) atoms. The standard InChI is InChI=1S/C56H101NO8/c1-3-5-7-9-11-13-15-17-19-21-22-23-24-25-26-27-28-30-31-33-35-37-39-41-43-45-50(59)49(48-64-56-55(63)54(62)53(61)51(47-58)65-56)57-52(60)46-44-42-40-38-36-34-32-29-20-18-16-14-12-10-8-6-4-2/h6,8,12,14,18,20,35,37,43,45,49-51,53-56,58-59,61-63H,3-5,7,9-11,13,15-17,19,21-34,36,38-42,44,46-48H2,1-2H3,(H,57,60)/b8-6-,14-12-,20-18-,37-35+,45-43+. The van der Waals surface area contributed by atoms with E-state index in [0.29, 0.717) is 6.42 Å². The third-order valence-electron chi connectivity index (χ3n) is 12.6. The Bertz CT molecular complexity index is 1200. The Hall–Kier alpha value is -2.11. The smallest absolute Gasteiger partial charge is 0.220 e. The van der Waals surface area contributed by atoms with Gasteiger partial charge < -0.3 is 40.3 Å². The van der Waals surface area contributed by atoms with Crippen molar-refractivity contribution in [3.63, 3.8) is 0 Å². The van der Waals surface area contributed by atoms with E-state index in [2.05, 4.69) is 67.8 Å². The molecule has 9 heteroatoms. The van der Waals surface area contributed by atoms with Crippen molar-refractivity contribution in [3.8, 4) is 0 Å². The molecule has 1 aliphatic rings. The monoisotopic (exact) mass is 916 g/mol. The van der Waals surface area contributed by atoms with E-state index >= 15 is 0 Å². The average molecular weight is 916 g/mol. The number of amides is 1. The molecule has 378 valence electrons. The van der Waals surface area contributed by atoms with Crippen LogP contribution in [0, 0.1) is 0 Å². The summed E-state index contributed by atoms with van der Waals surface area (Å²) in [6, 6.07) is -0.830. The maximum Gasteiger partial charge on any atom is 0.220 e. The second-order valence-electron chi connectivity index (χ2n) is 18.6. The zero-order valence-corrected chi connectivity index (χ0v) is 41.7. The Morgan fingerprint density at radius 3 is 1.48 bits per heavy atom. The Morgan fingerprint density at radius 2 is 0.969 bits per heavy atom. The molecular formula is C56H101NO8. The van der Waals surface area contributed by atoms with Crippen LogP contribution in [0.4, 0.5) is 0 Å². The molecule has 9 nitrogen and oxygen atoms in total. The molecule has 0 aliphatic carbocycles. The number of aliphatic hydroxyl groups excluding tert-OH is 5. The molecule has 0 spiro atoms. The fraction of sp³-hybridized carbons (Fsp3) is 0.804. The highest BCUT2D eigenvalue weighted by Gasteiger charge is 2.44. The molecule has 7 unspecified atom stereocenters. The minimum Gasteiger partial charge on any atom is -0.394 e. The van der Waals surface area contributed by atoms with Gasteiger partial charge in [0.05, 0.1) is 25.4 Å². The van der Waals surface area contributed by atoms with Gasteiger partial charge in [-0.05, 0) is 64.2 Å². The number of unbranched alkanes of at least 4 members (excludes halogenated alkanes) is 27. The van der Waals surface area contributed by atoms with E-state index in [1.54, 1.807) is 6.08 Å². The third-order valence-corrected chi connectivity index (χ3v) is 12.6. The zero-order chi connectivity index (χ0) is 47.3. The zero-order valence-electron chi connectivity index (χ0n) is 41.7. The predicted octanol–water partition coefficient (Wildman–Crippen LogP) is 12.7. The van der Waals surface area contributed by atoms with Crippen LogP contribution in [0.2, 0.25) is 0 Å². The first-order chi connectivity index (χ1) is 31.8. The number of ether oxygens (including phenoxy) is 2. The van der Waals surface area contributed by atoms with Crippen molar-refractivity contribution in [1.29, 1.82) is 0 Å². The van der Waals surface area contributed by atoms with Crippen LogP contribution in [0.5, 0.6) is 0 Å². The van der Waals surface area contributed by atoms with Gasteiger partial charge in [-0.15, -0.1) is 0 Å². The first-order valence-electron chi connectivity index (χ1n) is 27.0. The molecule has 0 aromatic heterocycles. The summed E-state index contributed by atoms with van der Waals surface area (Å²) in [4.78, 5) is 13.0. The average Bonchev–Trinajstić information content (AvgIpc) is 3.31. The van der Waals surface area contributed by atoms with Gasteiger partial charge in [-0.2, -0.15) is 0 Å². The summed E-state index contributed by atoms with van der Waals surface area (Å²) >= 11 is 0. The molecule has 1 fully saturated rings. The summed E-state index contributed by atoms with van der Waals surface area (Å²) in [6.45, 7) is 3.66. The predicted molar refractivity (Wildman–Crippen MR) is 272 cm³/mol. The molecule has 0 radical (unpaired) electrons. The molecule has 1 aliphatic heterocycles. The van der Waals surface area contributed by atoms with Crippen LogP contribution >= 0.6 is 0 Å². The lowest BCUT2D eigenvalue weighted by Crippen LogP contribution is -2.60. The molecule has 7 atom stereocenters. The maximum atomic E-state index is 13.0. The van der Waals surface area contributed by atoms with Crippen LogP contribution in [-0.4, -0.2) is 87.5 Å². The van der Waals surface area contributed by atoms with Crippen LogP contribution in [0.1, 0.15) is 232 Å². The molecule has 1 amide bonds. The summed E-state index contributed by atoms with van der Waals surface area (Å²) < 4.78 is 11.2. The maximum absolute atomic E-state index is 13.0. The molecule has 1 heterocycles. The fourth-order valence-corrected chi connectivity index (χ4v) is 8.30. The highest BCUT2D eigenvalue weighted by atomic mass is 16.7. The second-order valence-corrected chi connectivity index (χ2v) is 18.6. The van der Waals surface area contributed by atoms with Gasteiger partial charge in [0.2, 0.25) is 5.91 Å². The lowest BCUT2D eigenvalue weighted by molar-refractivity contribution is -0.302. The van der Waals surface area contributed by atoms with Gasteiger partial charge in [-0.25, -0.2) is 0 Å². The molecule has 1 saturated heterocycles. The Labute approximate surface area is 398 Å². The number of hydrogen-bond donors (Lipinski definition) is 6. The highest BCUT2D eigenvalue weighted by molar-refractivity contribution is 5.76. The van der Waals surface area contributed by atoms with Gasteiger partial charge in [-0.1, -0.05) is 222 Å². The van der Waals surface area contributed by atoms with Crippen molar-refractivity contribution in [2.75, 3.05) is 13.2 Å². The summed E-state index contributed by atoms with van der Waals surface area (Å²) in [7, 11) is 0. The molecule has 0 saturated carbocycles. The van der Waals surface area contributed by atoms with Gasteiger partial charge >= 0.3 is 0 Å². The van der Waals surface area contributed by atoms with Crippen molar-refractivity contribution in [1.82, 2.24) is 5.32 Å². The van der Waals surface area contributed by atoms with Crippen LogP contribution < -0.4 is 5.32 Å². The minimum atomic E-state index is -1.58. The Morgan fingerprint density at radius 1 is 0.538 bits per heavy atom. The van der Waals surface area contributed by atoms with E-state index < -0.39 is 49.5 Å². The molecule has 1 rings (SSSR count). The third kappa shape index (κ3) is 35.7. The van der Waals surface area contributed by atoms with Crippen LogP contribution in [-0.2, 0) is 14.3 Å². The quantitative estimate of drug-likeness (QED) is 0.0261. The number of allylic oxidation sites excluding steroid dienone is 9. The van der Waals surface area contributed by atoms with Crippen molar-refractivity contribution in [2.24, 2.45) is 0 Å². The van der Waals surface area contributed by atoms with E-state index in [-0.39, 0.29) is 12.5 Å². The number of rotatable bonds is 45. The normalized spacial score (nSPS) is 20.4. The van der Waals surface area contributed by atoms with Crippen molar-refractivity contribution in [2.45, 2.75) is 275 Å². The lowest BCUT2D eigenvalue weighted by atomic mass is 9.99. The molecule has 0 aromatic carbocycles. The van der Waals surface area contributed by atoms with Gasteiger partial charge in [-0.3, -0.25) is 4.79 Å². The van der Waals surface area contributed by atoms with Gasteiger partial charge in [0.1, 0.15) is 24.4 Å². The molecular weight excluding hydrogens is 815 g/mol. The largest absolute Gasteiger partial charge is 0.394 e. The first kappa shape index (κ1) is 60.9. The number of carbonyl (C=O) groups is 1.